The summed E-state index contributed by atoms with van der Waals surface area (Å²) in [6.07, 6.45) is 3.07. The molecule has 0 spiro atoms. The number of pyridine rings is 1. The molecule has 0 saturated carbocycles. The number of H-pyrrole nitrogens is 1. The number of halogens is 2. The van der Waals surface area contributed by atoms with Crippen LogP contribution < -0.4 is 5.56 Å². The monoisotopic (exact) mass is 251 g/mol. The van der Waals surface area contributed by atoms with Gasteiger partial charge in [-0.2, -0.15) is 0 Å². The third-order valence-electron chi connectivity index (χ3n) is 2.64. The molecule has 0 fully saturated rings. The van der Waals surface area contributed by atoms with Gasteiger partial charge in [0.2, 0.25) is 0 Å². The molecule has 0 radical (unpaired) electrons. The van der Waals surface area contributed by atoms with Gasteiger partial charge in [-0.1, -0.05) is 0 Å². The Kier molecular flexibility index (Phi) is 2.16. The largest absolute Gasteiger partial charge is 0.319 e. The fraction of sp³-hybridized carbons (Fsp3) is 0.0909. The number of rotatable bonds is 1. The molecule has 0 aliphatic carbocycles. The summed E-state index contributed by atoms with van der Waals surface area (Å²) >= 11 is 5.67. The standard InChI is InChI=1S/C11H7ClFN3O/c12-4-6-3-8-9(5-14-6)16-2-1-7(13)10(16)11(17)15-8/h1-3,5H,4H2,(H,15,17). The summed E-state index contributed by atoms with van der Waals surface area (Å²) in [5.41, 5.74) is 1.41. The molecule has 0 aliphatic heterocycles. The smallest absolute Gasteiger partial charge is 0.275 e. The van der Waals surface area contributed by atoms with E-state index in [4.69, 9.17) is 11.6 Å². The summed E-state index contributed by atoms with van der Waals surface area (Å²) < 4.78 is 14.9. The molecule has 0 aliphatic rings. The highest BCUT2D eigenvalue weighted by Gasteiger charge is 2.10. The van der Waals surface area contributed by atoms with Crippen LogP contribution >= 0.6 is 11.6 Å². The van der Waals surface area contributed by atoms with E-state index in [9.17, 15) is 9.18 Å². The first-order valence-electron chi connectivity index (χ1n) is 4.94. The second-order valence-corrected chi connectivity index (χ2v) is 3.93. The van der Waals surface area contributed by atoms with Gasteiger partial charge >= 0.3 is 0 Å². The number of alkyl halides is 1. The maximum absolute atomic E-state index is 13.4. The Morgan fingerprint density at radius 1 is 1.53 bits per heavy atom. The van der Waals surface area contributed by atoms with Gasteiger partial charge < -0.3 is 9.38 Å². The van der Waals surface area contributed by atoms with Gasteiger partial charge in [0.25, 0.3) is 5.56 Å². The molecule has 3 rings (SSSR count). The molecule has 0 saturated heterocycles. The van der Waals surface area contributed by atoms with Gasteiger partial charge in [-0.15, -0.1) is 11.6 Å². The summed E-state index contributed by atoms with van der Waals surface area (Å²) in [6, 6.07) is 2.93. The number of aromatic nitrogens is 3. The highest BCUT2D eigenvalue weighted by molar-refractivity contribution is 6.17. The summed E-state index contributed by atoms with van der Waals surface area (Å²) in [5, 5.41) is 0. The molecule has 0 bridgehead atoms. The number of aromatic amines is 1. The van der Waals surface area contributed by atoms with Crippen molar-refractivity contribution < 1.29 is 4.39 Å². The number of hydrogen-bond donors (Lipinski definition) is 1. The maximum atomic E-state index is 13.4. The topological polar surface area (TPSA) is 50.2 Å². The first-order chi connectivity index (χ1) is 8.20. The van der Waals surface area contributed by atoms with Crippen molar-refractivity contribution in [3.8, 4) is 0 Å². The van der Waals surface area contributed by atoms with Gasteiger partial charge in [-0.3, -0.25) is 9.78 Å². The zero-order valence-electron chi connectivity index (χ0n) is 8.58. The lowest BCUT2D eigenvalue weighted by molar-refractivity contribution is 0.639. The van der Waals surface area contributed by atoms with Crippen molar-refractivity contribution in [3.05, 3.63) is 46.4 Å². The molecule has 3 aromatic heterocycles. The van der Waals surface area contributed by atoms with Gasteiger partial charge in [-0.05, 0) is 12.1 Å². The number of nitrogens with zero attached hydrogens (tertiary/aromatic N) is 2. The van der Waals surface area contributed by atoms with Crippen molar-refractivity contribution in [2.24, 2.45) is 0 Å². The number of nitrogens with one attached hydrogen (secondary N) is 1. The van der Waals surface area contributed by atoms with E-state index in [0.29, 0.717) is 16.7 Å². The first kappa shape index (κ1) is 10.3. The van der Waals surface area contributed by atoms with Crippen LogP contribution in [0.1, 0.15) is 5.69 Å². The average molecular weight is 252 g/mol. The fourth-order valence-electron chi connectivity index (χ4n) is 1.87. The molecule has 3 heterocycles. The molecular formula is C11H7ClFN3O. The van der Waals surface area contributed by atoms with Gasteiger partial charge in [0, 0.05) is 6.20 Å². The molecule has 0 unspecified atom stereocenters. The Hall–Kier alpha value is -1.88. The van der Waals surface area contributed by atoms with Crippen molar-refractivity contribution in [1.82, 2.24) is 14.4 Å². The minimum atomic E-state index is -0.547. The molecule has 0 amide bonds. The lowest BCUT2D eigenvalue weighted by atomic mass is 10.3. The summed E-state index contributed by atoms with van der Waals surface area (Å²) in [7, 11) is 0. The maximum Gasteiger partial charge on any atom is 0.275 e. The number of hydrogen-bond acceptors (Lipinski definition) is 2. The zero-order chi connectivity index (χ0) is 12.0. The van der Waals surface area contributed by atoms with Crippen LogP contribution in [0.5, 0.6) is 0 Å². The average Bonchev–Trinajstić information content (AvgIpc) is 2.71. The Morgan fingerprint density at radius 3 is 3.12 bits per heavy atom. The molecule has 17 heavy (non-hydrogen) atoms. The van der Waals surface area contributed by atoms with Crippen LogP contribution in [0.15, 0.2) is 29.3 Å². The van der Waals surface area contributed by atoms with E-state index in [1.807, 2.05) is 0 Å². The summed E-state index contributed by atoms with van der Waals surface area (Å²) in [6.45, 7) is 0. The third kappa shape index (κ3) is 1.43. The highest BCUT2D eigenvalue weighted by atomic mass is 35.5. The number of fused-ring (bicyclic) bond motifs is 3. The van der Waals surface area contributed by atoms with E-state index in [0.717, 1.165) is 0 Å². The van der Waals surface area contributed by atoms with E-state index in [-0.39, 0.29) is 11.4 Å². The minimum absolute atomic E-state index is 0.00192. The molecule has 3 aromatic rings. The van der Waals surface area contributed by atoms with E-state index in [1.165, 1.54) is 16.7 Å². The SMILES string of the molecule is O=c1[nH]c2cc(CCl)ncc2n2ccc(F)c12. The predicted molar refractivity (Wildman–Crippen MR) is 62.8 cm³/mol. The van der Waals surface area contributed by atoms with Crippen LogP contribution in [-0.4, -0.2) is 14.4 Å². The molecule has 0 aromatic carbocycles. The van der Waals surface area contributed by atoms with Crippen LogP contribution in [0.3, 0.4) is 0 Å². The lowest BCUT2D eigenvalue weighted by Crippen LogP contribution is -2.11. The Labute approximate surface area is 99.7 Å². The molecule has 0 atom stereocenters. The van der Waals surface area contributed by atoms with Crippen molar-refractivity contribution in [2.45, 2.75) is 5.88 Å². The molecule has 4 nitrogen and oxygen atoms in total. The normalized spacial score (nSPS) is 11.4. The highest BCUT2D eigenvalue weighted by Crippen LogP contribution is 2.15. The van der Waals surface area contributed by atoms with Crippen molar-refractivity contribution in [3.63, 3.8) is 0 Å². The van der Waals surface area contributed by atoms with E-state index in [2.05, 4.69) is 9.97 Å². The molecule has 86 valence electrons. The molecular weight excluding hydrogens is 245 g/mol. The van der Waals surface area contributed by atoms with Crippen molar-refractivity contribution in [2.75, 3.05) is 0 Å². The van der Waals surface area contributed by atoms with Crippen molar-refractivity contribution >= 4 is 28.2 Å². The zero-order valence-corrected chi connectivity index (χ0v) is 9.33. The van der Waals surface area contributed by atoms with Crippen LogP contribution in [-0.2, 0) is 5.88 Å². The second-order valence-electron chi connectivity index (χ2n) is 3.66. The molecule has 6 heteroatoms. The van der Waals surface area contributed by atoms with E-state index in [1.54, 1.807) is 12.3 Å². The Bertz CT molecular complexity index is 777. The van der Waals surface area contributed by atoms with Gasteiger partial charge in [-0.25, -0.2) is 4.39 Å². The van der Waals surface area contributed by atoms with Crippen LogP contribution in [0.2, 0.25) is 0 Å². The quantitative estimate of drug-likeness (QED) is 0.673. The third-order valence-corrected chi connectivity index (χ3v) is 2.91. The Balaban J connectivity index is 2.53. The van der Waals surface area contributed by atoms with Crippen molar-refractivity contribution in [1.29, 1.82) is 0 Å². The Morgan fingerprint density at radius 2 is 2.35 bits per heavy atom. The predicted octanol–water partition coefficient (Wildman–Crippen LogP) is 2.05. The summed E-state index contributed by atoms with van der Waals surface area (Å²) in [4.78, 5) is 18.4. The van der Waals surface area contributed by atoms with Gasteiger partial charge in [0.05, 0.1) is 28.8 Å². The molecule has 1 N–H and O–H groups in total. The fourth-order valence-corrected chi connectivity index (χ4v) is 2.01. The minimum Gasteiger partial charge on any atom is -0.319 e. The van der Waals surface area contributed by atoms with E-state index >= 15 is 0 Å². The second kappa shape index (κ2) is 3.56. The van der Waals surface area contributed by atoms with Crippen LogP contribution in [0.25, 0.3) is 16.6 Å². The lowest BCUT2D eigenvalue weighted by Gasteiger charge is -2.03. The summed E-state index contributed by atoms with van der Waals surface area (Å²) in [5.74, 6) is -0.287. The van der Waals surface area contributed by atoms with Gasteiger partial charge in [0.15, 0.2) is 5.82 Å². The van der Waals surface area contributed by atoms with Gasteiger partial charge in [0.1, 0.15) is 5.52 Å². The van der Waals surface area contributed by atoms with Crippen LogP contribution in [0, 0.1) is 5.82 Å². The van der Waals surface area contributed by atoms with Crippen LogP contribution in [0.4, 0.5) is 4.39 Å². The first-order valence-corrected chi connectivity index (χ1v) is 5.47. The van der Waals surface area contributed by atoms with E-state index < -0.39 is 11.4 Å².